The molecule has 3 atom stereocenters. The van der Waals surface area contributed by atoms with Gasteiger partial charge in [0.05, 0.1) is 12.1 Å². The highest BCUT2D eigenvalue weighted by Gasteiger charge is 2.43. The molecule has 0 heterocycles. The van der Waals surface area contributed by atoms with Crippen LogP contribution in [0, 0.1) is 23.3 Å². The minimum atomic E-state index is -1.45. The van der Waals surface area contributed by atoms with Crippen LogP contribution < -0.4 is 5.32 Å². The quantitative estimate of drug-likeness (QED) is 0.669. The number of benzene rings is 1. The molecule has 1 fully saturated rings. The van der Waals surface area contributed by atoms with Gasteiger partial charge in [0.1, 0.15) is 11.8 Å². The average Bonchev–Trinajstić information content (AvgIpc) is 2.39. The molecule has 1 aromatic carbocycles. The minimum absolute atomic E-state index is 0.174. The van der Waals surface area contributed by atoms with Crippen molar-refractivity contribution in [3.8, 4) is 0 Å². The fourth-order valence-corrected chi connectivity index (χ4v) is 2.30. The summed E-state index contributed by atoms with van der Waals surface area (Å²) in [7, 11) is 1.43. The van der Waals surface area contributed by atoms with Gasteiger partial charge in [-0.05, 0) is 13.3 Å². The summed E-state index contributed by atoms with van der Waals surface area (Å²) < 4.78 is 63.7. The molecule has 0 radical (unpaired) electrons. The van der Waals surface area contributed by atoms with E-state index in [0.717, 1.165) is 0 Å². The summed E-state index contributed by atoms with van der Waals surface area (Å²) in [6, 6.07) is -0.297. The third-order valence-corrected chi connectivity index (χ3v) is 3.34. The third kappa shape index (κ3) is 2.60. The van der Waals surface area contributed by atoms with Gasteiger partial charge in [0.15, 0.2) is 23.3 Å². The van der Waals surface area contributed by atoms with E-state index >= 15 is 0 Å². The lowest BCUT2D eigenvalue weighted by atomic mass is 9.85. The Bertz CT molecular complexity index is 471. The zero-order chi connectivity index (χ0) is 14.9. The summed E-state index contributed by atoms with van der Waals surface area (Å²) in [4.78, 5) is 0. The molecule has 7 heteroatoms. The first-order valence-corrected chi connectivity index (χ1v) is 6.23. The second kappa shape index (κ2) is 5.97. The first kappa shape index (κ1) is 15.1. The molecular weight excluding hydrogens is 278 g/mol. The average molecular weight is 293 g/mol. The van der Waals surface area contributed by atoms with Gasteiger partial charge in [-0.25, -0.2) is 17.6 Å². The van der Waals surface area contributed by atoms with E-state index in [0.29, 0.717) is 13.0 Å². The molecule has 0 aromatic heterocycles. The Hall–Kier alpha value is -1.34. The lowest BCUT2D eigenvalue weighted by Gasteiger charge is -2.43. The standard InChI is InChI=1S/C13H15F4NO2/c1-3-20-9-5-8(13(9)19-2)18-12-10(16)6(14)4-7(15)11(12)17/h4,8-9,13,18H,3,5H2,1-2H3. The van der Waals surface area contributed by atoms with E-state index in [1.165, 1.54) is 7.11 Å². The topological polar surface area (TPSA) is 30.5 Å². The maximum atomic E-state index is 13.5. The number of rotatable bonds is 5. The Morgan fingerprint density at radius 3 is 2.30 bits per heavy atom. The summed E-state index contributed by atoms with van der Waals surface area (Å²) in [6.45, 7) is 2.29. The zero-order valence-electron chi connectivity index (χ0n) is 11.1. The molecule has 0 amide bonds. The van der Waals surface area contributed by atoms with Gasteiger partial charge in [0.2, 0.25) is 0 Å². The molecule has 20 heavy (non-hydrogen) atoms. The molecule has 112 valence electrons. The van der Waals surface area contributed by atoms with Crippen LogP contribution in [0.4, 0.5) is 23.2 Å². The van der Waals surface area contributed by atoms with Crippen molar-refractivity contribution in [2.45, 2.75) is 31.6 Å². The van der Waals surface area contributed by atoms with Gasteiger partial charge in [-0.3, -0.25) is 0 Å². The normalized spacial score (nSPS) is 25.4. The number of methoxy groups -OCH3 is 1. The molecule has 3 unspecified atom stereocenters. The summed E-state index contributed by atoms with van der Waals surface area (Å²) in [5, 5.41) is 2.45. The second-order valence-corrected chi connectivity index (χ2v) is 4.52. The van der Waals surface area contributed by atoms with Crippen LogP contribution in [0.1, 0.15) is 13.3 Å². The fourth-order valence-electron chi connectivity index (χ4n) is 2.30. The molecule has 0 saturated heterocycles. The van der Waals surface area contributed by atoms with Crippen molar-refractivity contribution in [3.05, 3.63) is 29.3 Å². The predicted molar refractivity (Wildman–Crippen MR) is 64.5 cm³/mol. The van der Waals surface area contributed by atoms with Crippen molar-refractivity contribution in [2.24, 2.45) is 0 Å². The molecule has 1 saturated carbocycles. The first-order valence-electron chi connectivity index (χ1n) is 6.23. The number of nitrogens with one attached hydrogen (secondary N) is 1. The van der Waals surface area contributed by atoms with Crippen molar-refractivity contribution in [1.82, 2.24) is 0 Å². The van der Waals surface area contributed by atoms with Gasteiger partial charge in [0.25, 0.3) is 0 Å². The van der Waals surface area contributed by atoms with E-state index in [2.05, 4.69) is 5.32 Å². The molecule has 1 aliphatic rings. The number of halogens is 4. The molecule has 0 aliphatic heterocycles. The monoisotopic (exact) mass is 293 g/mol. The lowest BCUT2D eigenvalue weighted by Crippen LogP contribution is -2.57. The molecular formula is C13H15F4NO2. The van der Waals surface area contributed by atoms with Gasteiger partial charge in [0, 0.05) is 19.8 Å². The maximum Gasteiger partial charge on any atom is 0.185 e. The highest BCUT2D eigenvalue weighted by molar-refractivity contribution is 5.49. The van der Waals surface area contributed by atoms with Gasteiger partial charge >= 0.3 is 0 Å². The van der Waals surface area contributed by atoms with E-state index in [4.69, 9.17) is 9.47 Å². The summed E-state index contributed by atoms with van der Waals surface area (Å²) in [5.41, 5.74) is -0.815. The van der Waals surface area contributed by atoms with Crippen LogP contribution in [0.25, 0.3) is 0 Å². The van der Waals surface area contributed by atoms with E-state index in [1.54, 1.807) is 0 Å². The van der Waals surface area contributed by atoms with Crippen LogP contribution >= 0.6 is 0 Å². The van der Waals surface area contributed by atoms with Crippen LogP contribution in [0.3, 0.4) is 0 Å². The van der Waals surface area contributed by atoms with E-state index in [1.807, 2.05) is 6.92 Å². The molecule has 1 N–H and O–H groups in total. The first-order chi connectivity index (χ1) is 9.49. The predicted octanol–water partition coefficient (Wildman–Crippen LogP) is 2.85. The van der Waals surface area contributed by atoms with E-state index in [9.17, 15) is 17.6 Å². The summed E-state index contributed by atoms with van der Waals surface area (Å²) in [6.07, 6.45) is -0.198. The van der Waals surface area contributed by atoms with Crippen LogP contribution in [0.5, 0.6) is 0 Å². The highest BCUT2D eigenvalue weighted by atomic mass is 19.2. The number of ether oxygens (including phenoxy) is 2. The fraction of sp³-hybridized carbons (Fsp3) is 0.538. The summed E-state index contributed by atoms with van der Waals surface area (Å²) in [5.74, 6) is -5.78. The summed E-state index contributed by atoms with van der Waals surface area (Å²) >= 11 is 0. The molecule has 1 aliphatic carbocycles. The van der Waals surface area contributed by atoms with Crippen LogP contribution in [0.15, 0.2) is 6.07 Å². The molecule has 0 bridgehead atoms. The van der Waals surface area contributed by atoms with Crippen LogP contribution in [-0.2, 0) is 9.47 Å². The maximum absolute atomic E-state index is 13.5. The molecule has 2 rings (SSSR count). The number of hydrogen-bond donors (Lipinski definition) is 1. The van der Waals surface area contributed by atoms with Gasteiger partial charge in [-0.1, -0.05) is 0 Å². The Balaban J connectivity index is 2.16. The smallest absolute Gasteiger partial charge is 0.185 e. The number of anilines is 1. The van der Waals surface area contributed by atoms with E-state index in [-0.39, 0.29) is 12.2 Å². The zero-order valence-corrected chi connectivity index (χ0v) is 11.1. The molecule has 1 aromatic rings. The largest absolute Gasteiger partial charge is 0.377 e. The van der Waals surface area contributed by atoms with Crippen molar-refractivity contribution in [2.75, 3.05) is 19.0 Å². The SMILES string of the molecule is CCOC1CC(Nc2c(F)c(F)cc(F)c2F)C1OC. The van der Waals surface area contributed by atoms with Crippen molar-refractivity contribution < 1.29 is 27.0 Å². The van der Waals surface area contributed by atoms with Crippen molar-refractivity contribution in [3.63, 3.8) is 0 Å². The van der Waals surface area contributed by atoms with Crippen LogP contribution in [0.2, 0.25) is 0 Å². The lowest BCUT2D eigenvalue weighted by molar-refractivity contribution is -0.118. The molecule has 3 nitrogen and oxygen atoms in total. The van der Waals surface area contributed by atoms with Gasteiger partial charge < -0.3 is 14.8 Å². The van der Waals surface area contributed by atoms with Gasteiger partial charge in [-0.2, -0.15) is 0 Å². The van der Waals surface area contributed by atoms with Crippen molar-refractivity contribution in [1.29, 1.82) is 0 Å². The Morgan fingerprint density at radius 1 is 1.20 bits per heavy atom. The highest BCUT2D eigenvalue weighted by Crippen LogP contribution is 2.32. The van der Waals surface area contributed by atoms with Crippen LogP contribution in [-0.4, -0.2) is 32.0 Å². The third-order valence-electron chi connectivity index (χ3n) is 3.34. The Kier molecular flexibility index (Phi) is 4.49. The minimum Gasteiger partial charge on any atom is -0.377 e. The Labute approximate surface area is 113 Å². The number of hydrogen-bond acceptors (Lipinski definition) is 3. The molecule has 0 spiro atoms. The van der Waals surface area contributed by atoms with Crippen molar-refractivity contribution >= 4 is 5.69 Å². The second-order valence-electron chi connectivity index (χ2n) is 4.52. The van der Waals surface area contributed by atoms with E-state index < -0.39 is 41.1 Å². The Morgan fingerprint density at radius 2 is 1.80 bits per heavy atom. The van der Waals surface area contributed by atoms with Gasteiger partial charge in [-0.15, -0.1) is 0 Å².